The van der Waals surface area contributed by atoms with Gasteiger partial charge in [-0.15, -0.1) is 6.58 Å². The van der Waals surface area contributed by atoms with Crippen molar-refractivity contribution in [2.45, 2.75) is 32.6 Å². The molecule has 0 saturated carbocycles. The number of carbonyl (C=O) groups excluding carboxylic acids is 2. The Balaban J connectivity index is 3.76. The quantitative estimate of drug-likeness (QED) is 0.258. The summed E-state index contributed by atoms with van der Waals surface area (Å²) in [6, 6.07) is 0. The molecule has 1 unspecified atom stereocenters. The summed E-state index contributed by atoms with van der Waals surface area (Å²) in [6.07, 6.45) is 6.72. The smallest absolute Gasteiger partial charge is 0.246 e. The number of nitrogens with zero attached hydrogens (tertiary/aromatic N) is 1. The molecule has 0 radical (unpaired) electrons. The fraction of sp³-hybridized carbons (Fsp3) is 0.625. The second-order valence-electron chi connectivity index (χ2n) is 5.24. The lowest BCUT2D eigenvalue weighted by molar-refractivity contribution is -0.117. The molecule has 4 nitrogen and oxygen atoms in total. The number of unbranched alkanes of at least 4 members (excludes halogenated alkanes) is 1. The lowest BCUT2D eigenvalue weighted by Crippen LogP contribution is -2.34. The fourth-order valence-electron chi connectivity index (χ4n) is 1.81. The third kappa shape index (κ3) is 9.50. The summed E-state index contributed by atoms with van der Waals surface area (Å²) < 4.78 is 0. The fourth-order valence-corrected chi connectivity index (χ4v) is 1.81. The number of rotatable bonds is 12. The number of nitrogens with one attached hydrogen (secondary N) is 1. The molecule has 0 aliphatic rings. The van der Waals surface area contributed by atoms with E-state index in [1.165, 1.54) is 0 Å². The number of carbonyl (C=O) groups is 2. The van der Waals surface area contributed by atoms with Crippen LogP contribution < -0.4 is 5.32 Å². The zero-order chi connectivity index (χ0) is 15.4. The van der Waals surface area contributed by atoms with Gasteiger partial charge in [0.25, 0.3) is 0 Å². The molecule has 114 valence electrons. The second kappa shape index (κ2) is 11.4. The molecule has 0 aliphatic carbocycles. The summed E-state index contributed by atoms with van der Waals surface area (Å²) in [4.78, 5) is 24.4. The molecule has 0 saturated heterocycles. The van der Waals surface area contributed by atoms with Crippen LogP contribution in [0.15, 0.2) is 24.8 Å². The Morgan fingerprint density at radius 1 is 1.35 bits per heavy atom. The Morgan fingerprint density at radius 3 is 2.60 bits per heavy atom. The molecule has 0 aromatic heterocycles. The summed E-state index contributed by atoms with van der Waals surface area (Å²) >= 11 is 0. The molecule has 0 aromatic rings. The topological polar surface area (TPSA) is 49.4 Å². The molecular weight excluding hydrogens is 252 g/mol. The van der Waals surface area contributed by atoms with Gasteiger partial charge in [-0.1, -0.05) is 12.7 Å². The van der Waals surface area contributed by atoms with Crippen molar-refractivity contribution in [3.05, 3.63) is 24.8 Å². The first-order valence-electron chi connectivity index (χ1n) is 7.19. The summed E-state index contributed by atoms with van der Waals surface area (Å²) in [6.45, 7) is 11.2. The number of hydrogen-bond acceptors (Lipinski definition) is 3. The number of likely N-dealkylation sites (N-methyl/N-ethyl adjacent to an activating group) is 1. The van der Waals surface area contributed by atoms with E-state index in [1.807, 2.05) is 13.1 Å². The minimum absolute atomic E-state index is 0.103. The van der Waals surface area contributed by atoms with Gasteiger partial charge in [0.05, 0.1) is 0 Å². The van der Waals surface area contributed by atoms with Gasteiger partial charge in [0.2, 0.25) is 5.91 Å². The predicted octanol–water partition coefficient (Wildman–Crippen LogP) is 2.17. The van der Waals surface area contributed by atoms with E-state index in [0.717, 1.165) is 45.1 Å². The molecule has 0 spiro atoms. The van der Waals surface area contributed by atoms with Crippen LogP contribution in [0.25, 0.3) is 0 Å². The highest BCUT2D eigenvalue weighted by Crippen LogP contribution is 2.11. The SMILES string of the molecule is C=CCCCC(C=O)CCN(C)CCNC(=O)C(=C)C. The molecule has 0 aromatic carbocycles. The highest BCUT2D eigenvalue weighted by atomic mass is 16.1. The molecule has 1 atom stereocenters. The number of allylic oxidation sites excluding steroid dienone is 1. The Hall–Kier alpha value is -1.42. The molecule has 20 heavy (non-hydrogen) atoms. The average molecular weight is 280 g/mol. The van der Waals surface area contributed by atoms with E-state index in [2.05, 4.69) is 23.4 Å². The van der Waals surface area contributed by atoms with E-state index >= 15 is 0 Å². The Labute approximate surface area is 122 Å². The lowest BCUT2D eigenvalue weighted by atomic mass is 10.00. The van der Waals surface area contributed by atoms with Gasteiger partial charge in [-0.25, -0.2) is 0 Å². The standard InChI is InChI=1S/C16H28N2O2/c1-5-6-7-8-15(13-19)9-11-18(4)12-10-17-16(20)14(2)3/h5,13,15H,1-2,6-12H2,3-4H3,(H,17,20). The van der Waals surface area contributed by atoms with Gasteiger partial charge in [-0.05, 0) is 46.2 Å². The van der Waals surface area contributed by atoms with Gasteiger partial charge in [0, 0.05) is 24.6 Å². The second-order valence-corrected chi connectivity index (χ2v) is 5.24. The van der Waals surface area contributed by atoms with E-state index in [0.29, 0.717) is 12.1 Å². The summed E-state index contributed by atoms with van der Waals surface area (Å²) in [5.74, 6) is 0.0241. The zero-order valence-corrected chi connectivity index (χ0v) is 12.9. The van der Waals surface area contributed by atoms with Crippen molar-refractivity contribution in [1.29, 1.82) is 0 Å². The summed E-state index contributed by atoms with van der Waals surface area (Å²) in [5, 5.41) is 2.80. The average Bonchev–Trinajstić information content (AvgIpc) is 2.42. The van der Waals surface area contributed by atoms with Crippen molar-refractivity contribution in [1.82, 2.24) is 10.2 Å². The monoisotopic (exact) mass is 280 g/mol. The van der Waals surface area contributed by atoms with E-state index in [4.69, 9.17) is 0 Å². The Kier molecular flexibility index (Phi) is 10.6. The van der Waals surface area contributed by atoms with E-state index < -0.39 is 0 Å². The molecular formula is C16H28N2O2. The normalized spacial score (nSPS) is 11.9. The number of aldehydes is 1. The van der Waals surface area contributed by atoms with Crippen LogP contribution >= 0.6 is 0 Å². The van der Waals surface area contributed by atoms with Crippen LogP contribution in [0.2, 0.25) is 0 Å². The summed E-state index contributed by atoms with van der Waals surface area (Å²) in [7, 11) is 2.00. The molecule has 1 N–H and O–H groups in total. The maximum Gasteiger partial charge on any atom is 0.246 e. The molecule has 0 heterocycles. The third-order valence-corrected chi connectivity index (χ3v) is 3.22. The first-order chi connectivity index (χ1) is 9.51. The number of amides is 1. The largest absolute Gasteiger partial charge is 0.351 e. The minimum Gasteiger partial charge on any atom is -0.351 e. The maximum absolute atomic E-state index is 11.3. The van der Waals surface area contributed by atoms with Crippen LogP contribution in [0.1, 0.15) is 32.6 Å². The van der Waals surface area contributed by atoms with Gasteiger partial charge < -0.3 is 15.0 Å². The van der Waals surface area contributed by atoms with Crippen LogP contribution in [-0.4, -0.2) is 43.8 Å². The zero-order valence-electron chi connectivity index (χ0n) is 12.9. The van der Waals surface area contributed by atoms with Crippen LogP contribution in [0.4, 0.5) is 0 Å². The van der Waals surface area contributed by atoms with Crippen LogP contribution in [-0.2, 0) is 9.59 Å². The Bertz CT molecular complexity index is 326. The third-order valence-electron chi connectivity index (χ3n) is 3.22. The number of hydrogen-bond donors (Lipinski definition) is 1. The van der Waals surface area contributed by atoms with Gasteiger partial charge in [0.1, 0.15) is 6.29 Å². The maximum atomic E-state index is 11.3. The molecule has 4 heteroatoms. The predicted molar refractivity (Wildman–Crippen MR) is 83.5 cm³/mol. The van der Waals surface area contributed by atoms with Crippen LogP contribution in [0.3, 0.4) is 0 Å². The van der Waals surface area contributed by atoms with Gasteiger partial charge >= 0.3 is 0 Å². The van der Waals surface area contributed by atoms with Crippen molar-refractivity contribution < 1.29 is 9.59 Å². The van der Waals surface area contributed by atoms with Crippen molar-refractivity contribution in [2.24, 2.45) is 5.92 Å². The first-order valence-corrected chi connectivity index (χ1v) is 7.19. The first kappa shape index (κ1) is 18.6. The van der Waals surface area contributed by atoms with Crippen molar-refractivity contribution >= 4 is 12.2 Å². The van der Waals surface area contributed by atoms with Gasteiger partial charge in [-0.2, -0.15) is 0 Å². The molecule has 0 bridgehead atoms. The van der Waals surface area contributed by atoms with Crippen molar-refractivity contribution in [3.8, 4) is 0 Å². The van der Waals surface area contributed by atoms with Crippen LogP contribution in [0.5, 0.6) is 0 Å². The van der Waals surface area contributed by atoms with E-state index in [1.54, 1.807) is 6.92 Å². The van der Waals surface area contributed by atoms with Gasteiger partial charge in [-0.3, -0.25) is 4.79 Å². The van der Waals surface area contributed by atoms with Crippen molar-refractivity contribution in [2.75, 3.05) is 26.7 Å². The molecule has 0 fully saturated rings. The van der Waals surface area contributed by atoms with Crippen molar-refractivity contribution in [3.63, 3.8) is 0 Å². The van der Waals surface area contributed by atoms with E-state index in [-0.39, 0.29) is 11.8 Å². The minimum atomic E-state index is -0.103. The molecule has 1 amide bonds. The highest BCUT2D eigenvalue weighted by molar-refractivity contribution is 5.92. The highest BCUT2D eigenvalue weighted by Gasteiger charge is 2.09. The molecule has 0 aliphatic heterocycles. The Morgan fingerprint density at radius 2 is 2.05 bits per heavy atom. The summed E-state index contributed by atoms with van der Waals surface area (Å²) in [5.41, 5.74) is 0.524. The van der Waals surface area contributed by atoms with E-state index in [9.17, 15) is 9.59 Å². The van der Waals surface area contributed by atoms with Crippen LogP contribution in [0, 0.1) is 5.92 Å². The van der Waals surface area contributed by atoms with Gasteiger partial charge in [0.15, 0.2) is 0 Å². The molecule has 0 rings (SSSR count). The lowest BCUT2D eigenvalue weighted by Gasteiger charge is -2.19.